The van der Waals surface area contributed by atoms with Gasteiger partial charge in [0.15, 0.2) is 4.96 Å². The molecule has 0 bridgehead atoms. The highest BCUT2D eigenvalue weighted by Gasteiger charge is 2.11. The first-order valence-corrected chi connectivity index (χ1v) is 5.57. The Morgan fingerprint density at radius 1 is 1.50 bits per heavy atom. The fraction of sp³-hybridized carbons (Fsp3) is 0.500. The first-order valence-electron chi connectivity index (χ1n) is 4.75. The maximum Gasteiger partial charge on any atom is 0.194 e. The first-order chi connectivity index (χ1) is 6.63. The average molecular weight is 209 g/mol. The minimum absolute atomic E-state index is 0.321. The topological polar surface area (TPSA) is 29.3 Å². The number of fused-ring (bicyclic) bond motifs is 1. The Bertz CT molecular complexity index is 455. The molecular weight excluding hydrogens is 194 g/mol. The zero-order valence-electron chi connectivity index (χ0n) is 8.96. The minimum atomic E-state index is 0.321. The van der Waals surface area contributed by atoms with Gasteiger partial charge in [-0.2, -0.15) is 0 Å². The lowest BCUT2D eigenvalue weighted by Crippen LogP contribution is -2.12. The fourth-order valence-electron chi connectivity index (χ4n) is 1.43. The highest BCUT2D eigenvalue weighted by molar-refractivity contribution is 7.17. The van der Waals surface area contributed by atoms with Crippen LogP contribution in [0.2, 0.25) is 0 Å². The Labute approximate surface area is 87.8 Å². The monoisotopic (exact) mass is 209 g/mol. The van der Waals surface area contributed by atoms with E-state index in [1.807, 2.05) is 7.05 Å². The van der Waals surface area contributed by atoms with Crippen LogP contribution in [0.25, 0.3) is 4.96 Å². The smallest absolute Gasteiger partial charge is 0.194 e. The summed E-state index contributed by atoms with van der Waals surface area (Å²) < 4.78 is 2.17. The SMILES string of the molecule is CNC(C)c1cn2c(C)c(C)sc2n1. The highest BCUT2D eigenvalue weighted by atomic mass is 32.1. The van der Waals surface area contributed by atoms with Crippen molar-refractivity contribution in [3.63, 3.8) is 0 Å². The quantitative estimate of drug-likeness (QED) is 0.822. The van der Waals surface area contributed by atoms with Crippen molar-refractivity contribution in [3.8, 4) is 0 Å². The molecule has 1 N–H and O–H groups in total. The molecule has 0 saturated carbocycles. The van der Waals surface area contributed by atoms with Crippen molar-refractivity contribution in [3.05, 3.63) is 22.5 Å². The van der Waals surface area contributed by atoms with Crippen LogP contribution >= 0.6 is 11.3 Å². The van der Waals surface area contributed by atoms with Crippen molar-refractivity contribution in [2.45, 2.75) is 26.8 Å². The number of rotatable bonds is 2. The van der Waals surface area contributed by atoms with Crippen LogP contribution in [-0.2, 0) is 0 Å². The average Bonchev–Trinajstić information content (AvgIpc) is 2.68. The van der Waals surface area contributed by atoms with Crippen LogP contribution in [0, 0.1) is 13.8 Å². The molecule has 1 atom stereocenters. The van der Waals surface area contributed by atoms with Crippen LogP contribution < -0.4 is 5.32 Å². The Morgan fingerprint density at radius 3 is 2.79 bits per heavy atom. The van der Waals surface area contributed by atoms with E-state index < -0.39 is 0 Å². The second-order valence-corrected chi connectivity index (χ2v) is 4.75. The summed E-state index contributed by atoms with van der Waals surface area (Å²) in [5.41, 5.74) is 2.41. The first kappa shape index (κ1) is 9.68. The van der Waals surface area contributed by atoms with Gasteiger partial charge in [-0.3, -0.25) is 4.40 Å². The van der Waals surface area contributed by atoms with Gasteiger partial charge in [-0.05, 0) is 27.8 Å². The molecule has 0 aliphatic heterocycles. The Hall–Kier alpha value is -0.870. The van der Waals surface area contributed by atoms with Gasteiger partial charge in [0.1, 0.15) is 0 Å². The Morgan fingerprint density at radius 2 is 2.21 bits per heavy atom. The number of nitrogens with zero attached hydrogens (tertiary/aromatic N) is 2. The van der Waals surface area contributed by atoms with Crippen LogP contribution in [0.1, 0.15) is 29.2 Å². The number of hydrogen-bond donors (Lipinski definition) is 1. The van der Waals surface area contributed by atoms with E-state index in [-0.39, 0.29) is 0 Å². The molecule has 0 aliphatic rings. The lowest BCUT2D eigenvalue weighted by molar-refractivity contribution is 0.637. The molecule has 14 heavy (non-hydrogen) atoms. The lowest BCUT2D eigenvalue weighted by Gasteiger charge is -2.04. The van der Waals surface area contributed by atoms with E-state index in [1.54, 1.807) is 11.3 Å². The van der Waals surface area contributed by atoms with Crippen LogP contribution in [0.4, 0.5) is 0 Å². The molecule has 0 aliphatic carbocycles. The third kappa shape index (κ3) is 1.35. The third-order valence-corrected chi connectivity index (χ3v) is 3.76. The van der Waals surface area contributed by atoms with Crippen LogP contribution in [0.5, 0.6) is 0 Å². The van der Waals surface area contributed by atoms with Crippen LogP contribution in [0.3, 0.4) is 0 Å². The van der Waals surface area contributed by atoms with Gasteiger partial charge in [-0.25, -0.2) is 4.98 Å². The largest absolute Gasteiger partial charge is 0.312 e. The van der Waals surface area contributed by atoms with Crippen molar-refractivity contribution in [1.29, 1.82) is 0 Å². The van der Waals surface area contributed by atoms with Gasteiger partial charge in [0.2, 0.25) is 0 Å². The lowest BCUT2D eigenvalue weighted by atomic mass is 10.3. The summed E-state index contributed by atoms with van der Waals surface area (Å²) >= 11 is 1.75. The predicted octanol–water partition coefficient (Wildman–Crippen LogP) is 2.29. The summed E-state index contributed by atoms with van der Waals surface area (Å²) in [5, 5.41) is 3.19. The van der Waals surface area contributed by atoms with E-state index in [0.717, 1.165) is 10.7 Å². The van der Waals surface area contributed by atoms with Gasteiger partial charge in [0.25, 0.3) is 0 Å². The molecule has 0 saturated heterocycles. The summed E-state index contributed by atoms with van der Waals surface area (Å²) in [6.45, 7) is 6.39. The maximum atomic E-state index is 4.58. The number of nitrogens with one attached hydrogen (secondary N) is 1. The van der Waals surface area contributed by atoms with Gasteiger partial charge in [-0.1, -0.05) is 0 Å². The number of imidazole rings is 1. The molecule has 0 spiro atoms. The molecule has 2 aromatic rings. The zero-order valence-corrected chi connectivity index (χ0v) is 9.77. The molecule has 4 heteroatoms. The summed E-state index contributed by atoms with van der Waals surface area (Å²) in [4.78, 5) is 7.02. The van der Waals surface area contributed by atoms with Crippen LogP contribution in [-0.4, -0.2) is 16.4 Å². The molecular formula is C10H15N3S. The number of thiazole rings is 1. The van der Waals surface area contributed by atoms with E-state index in [4.69, 9.17) is 0 Å². The van der Waals surface area contributed by atoms with Crippen molar-refractivity contribution >= 4 is 16.3 Å². The second-order valence-electron chi connectivity index (χ2n) is 3.57. The van der Waals surface area contributed by atoms with Crippen LogP contribution in [0.15, 0.2) is 6.20 Å². The third-order valence-electron chi connectivity index (χ3n) is 2.68. The maximum absolute atomic E-state index is 4.58. The molecule has 2 rings (SSSR count). The van der Waals surface area contributed by atoms with E-state index in [2.05, 4.69) is 41.7 Å². The van der Waals surface area contributed by atoms with E-state index in [1.165, 1.54) is 10.6 Å². The fourth-order valence-corrected chi connectivity index (χ4v) is 2.39. The summed E-state index contributed by atoms with van der Waals surface area (Å²) in [6.07, 6.45) is 2.12. The highest BCUT2D eigenvalue weighted by Crippen LogP contribution is 2.23. The number of aromatic nitrogens is 2. The van der Waals surface area contributed by atoms with Crippen molar-refractivity contribution in [2.75, 3.05) is 7.05 Å². The molecule has 3 nitrogen and oxygen atoms in total. The number of aryl methyl sites for hydroxylation is 2. The normalized spacial score (nSPS) is 13.7. The summed E-state index contributed by atoms with van der Waals surface area (Å²) in [6, 6.07) is 0.321. The Kier molecular flexibility index (Phi) is 2.33. The zero-order chi connectivity index (χ0) is 10.3. The summed E-state index contributed by atoms with van der Waals surface area (Å²) in [7, 11) is 1.95. The van der Waals surface area contributed by atoms with Gasteiger partial charge < -0.3 is 5.32 Å². The van der Waals surface area contributed by atoms with Gasteiger partial charge in [-0.15, -0.1) is 11.3 Å². The molecule has 2 heterocycles. The molecule has 76 valence electrons. The molecule has 2 aromatic heterocycles. The molecule has 0 fully saturated rings. The van der Waals surface area contributed by atoms with Gasteiger partial charge in [0, 0.05) is 22.8 Å². The molecule has 0 aromatic carbocycles. The van der Waals surface area contributed by atoms with E-state index >= 15 is 0 Å². The van der Waals surface area contributed by atoms with E-state index in [9.17, 15) is 0 Å². The molecule has 0 radical (unpaired) electrons. The van der Waals surface area contributed by atoms with Crippen molar-refractivity contribution in [1.82, 2.24) is 14.7 Å². The number of hydrogen-bond acceptors (Lipinski definition) is 3. The molecule has 0 amide bonds. The van der Waals surface area contributed by atoms with Crippen molar-refractivity contribution < 1.29 is 0 Å². The van der Waals surface area contributed by atoms with Gasteiger partial charge in [0.05, 0.1) is 5.69 Å². The predicted molar refractivity (Wildman–Crippen MR) is 60.0 cm³/mol. The molecule has 1 unspecified atom stereocenters. The second kappa shape index (κ2) is 3.37. The standard InChI is InChI=1S/C10H15N3S/c1-6(11-4)9-5-13-7(2)8(3)14-10(13)12-9/h5-6,11H,1-4H3. The minimum Gasteiger partial charge on any atom is -0.312 e. The summed E-state index contributed by atoms with van der Waals surface area (Å²) in [5.74, 6) is 0. The Balaban J connectivity index is 2.53. The van der Waals surface area contributed by atoms with E-state index in [0.29, 0.717) is 6.04 Å². The van der Waals surface area contributed by atoms with Crippen molar-refractivity contribution in [2.24, 2.45) is 0 Å². The van der Waals surface area contributed by atoms with Gasteiger partial charge >= 0.3 is 0 Å².